The number of urea groups is 1. The molecule has 4 heteroatoms. The van der Waals surface area contributed by atoms with Gasteiger partial charge in [0.25, 0.3) is 0 Å². The van der Waals surface area contributed by atoms with Gasteiger partial charge in [-0.1, -0.05) is 0 Å². The number of nitrogens with one attached hydrogen (secondary N) is 1. The van der Waals surface area contributed by atoms with E-state index in [0.717, 1.165) is 45.4 Å². The second kappa shape index (κ2) is 4.84. The van der Waals surface area contributed by atoms with Gasteiger partial charge in [0.2, 0.25) is 0 Å². The molecule has 4 nitrogen and oxygen atoms in total. The predicted octanol–water partition coefficient (Wildman–Crippen LogP) is 1.36. The minimum Gasteiger partial charge on any atom is -0.378 e. The Labute approximate surface area is 91.0 Å². The molecule has 2 aliphatic rings. The number of amides is 2. The first-order chi connectivity index (χ1) is 7.29. The quantitative estimate of drug-likeness (QED) is 0.767. The molecule has 1 N–H and O–H groups in total. The largest absolute Gasteiger partial charge is 0.378 e. The highest BCUT2D eigenvalue weighted by atomic mass is 16.5. The van der Waals surface area contributed by atoms with E-state index in [1.807, 2.05) is 11.8 Å². The van der Waals surface area contributed by atoms with Crippen molar-refractivity contribution in [3.05, 3.63) is 0 Å². The molecular weight excluding hydrogens is 192 g/mol. The Balaban J connectivity index is 1.64. The van der Waals surface area contributed by atoms with Crippen molar-refractivity contribution in [1.82, 2.24) is 10.2 Å². The first-order valence-electron chi connectivity index (χ1n) is 5.96. The van der Waals surface area contributed by atoms with Crippen LogP contribution in [0.15, 0.2) is 0 Å². The van der Waals surface area contributed by atoms with Crippen LogP contribution in [-0.2, 0) is 4.74 Å². The summed E-state index contributed by atoms with van der Waals surface area (Å²) >= 11 is 0. The minimum atomic E-state index is 0.118. The van der Waals surface area contributed by atoms with Gasteiger partial charge in [-0.15, -0.1) is 0 Å². The molecule has 1 aliphatic carbocycles. The Bertz CT molecular complexity index is 221. The van der Waals surface area contributed by atoms with Crippen molar-refractivity contribution in [2.75, 3.05) is 19.7 Å². The molecule has 15 heavy (non-hydrogen) atoms. The maximum atomic E-state index is 11.7. The lowest BCUT2D eigenvalue weighted by atomic mass is 9.89. The summed E-state index contributed by atoms with van der Waals surface area (Å²) in [5.74, 6) is 0. The molecule has 0 aromatic carbocycles. The van der Waals surface area contributed by atoms with Gasteiger partial charge in [0.1, 0.15) is 0 Å². The molecule has 2 amide bonds. The standard InChI is InChI=1S/C11H20N2O2/c1-2-15-10-7-9(8-10)12-11(14)13-5-3-4-6-13/h9-10H,2-8H2,1H3,(H,12,14). The fraction of sp³-hybridized carbons (Fsp3) is 0.909. The van der Waals surface area contributed by atoms with Crippen molar-refractivity contribution in [1.29, 1.82) is 0 Å². The molecule has 2 fully saturated rings. The normalized spacial score (nSPS) is 30.1. The zero-order valence-corrected chi connectivity index (χ0v) is 9.37. The Morgan fingerprint density at radius 2 is 2.07 bits per heavy atom. The summed E-state index contributed by atoms with van der Waals surface area (Å²) in [5, 5.41) is 3.05. The molecule has 1 saturated carbocycles. The summed E-state index contributed by atoms with van der Waals surface area (Å²) in [4.78, 5) is 13.6. The second-order valence-electron chi connectivity index (χ2n) is 4.39. The van der Waals surface area contributed by atoms with E-state index in [-0.39, 0.29) is 6.03 Å². The number of carbonyl (C=O) groups is 1. The fourth-order valence-corrected chi connectivity index (χ4v) is 2.24. The maximum absolute atomic E-state index is 11.7. The summed E-state index contributed by atoms with van der Waals surface area (Å²) in [6.45, 7) is 4.63. The molecule has 0 aromatic rings. The van der Waals surface area contributed by atoms with Gasteiger partial charge < -0.3 is 15.0 Å². The van der Waals surface area contributed by atoms with E-state index in [1.54, 1.807) is 0 Å². The number of carbonyl (C=O) groups excluding carboxylic acids is 1. The Kier molecular flexibility index (Phi) is 3.46. The number of nitrogens with zero attached hydrogens (tertiary/aromatic N) is 1. The fourth-order valence-electron chi connectivity index (χ4n) is 2.24. The molecular formula is C11H20N2O2. The predicted molar refractivity (Wildman–Crippen MR) is 57.8 cm³/mol. The smallest absolute Gasteiger partial charge is 0.317 e. The Morgan fingerprint density at radius 3 is 2.67 bits per heavy atom. The van der Waals surface area contributed by atoms with Crippen LogP contribution in [0, 0.1) is 0 Å². The average molecular weight is 212 g/mol. The van der Waals surface area contributed by atoms with Crippen LogP contribution in [0.1, 0.15) is 32.6 Å². The van der Waals surface area contributed by atoms with E-state index in [1.165, 1.54) is 0 Å². The van der Waals surface area contributed by atoms with Crippen molar-refractivity contribution in [2.24, 2.45) is 0 Å². The molecule has 0 aromatic heterocycles. The van der Waals surface area contributed by atoms with Gasteiger partial charge in [0, 0.05) is 25.7 Å². The number of hydrogen-bond acceptors (Lipinski definition) is 2. The van der Waals surface area contributed by atoms with Crippen LogP contribution < -0.4 is 5.32 Å². The van der Waals surface area contributed by atoms with Crippen LogP contribution in [0.5, 0.6) is 0 Å². The SMILES string of the molecule is CCOC1CC(NC(=O)N2CCCC2)C1. The van der Waals surface area contributed by atoms with Crippen molar-refractivity contribution in [2.45, 2.75) is 44.8 Å². The van der Waals surface area contributed by atoms with Gasteiger partial charge >= 0.3 is 6.03 Å². The molecule has 86 valence electrons. The van der Waals surface area contributed by atoms with E-state index in [2.05, 4.69) is 5.32 Å². The van der Waals surface area contributed by atoms with E-state index >= 15 is 0 Å². The lowest BCUT2D eigenvalue weighted by Crippen LogP contribution is -2.51. The molecule has 0 unspecified atom stereocenters. The van der Waals surface area contributed by atoms with Gasteiger partial charge in [-0.2, -0.15) is 0 Å². The molecule has 0 atom stereocenters. The Hall–Kier alpha value is -0.770. The van der Waals surface area contributed by atoms with Gasteiger partial charge in [-0.25, -0.2) is 4.79 Å². The summed E-state index contributed by atoms with van der Waals surface area (Å²) in [6.07, 6.45) is 4.64. The summed E-state index contributed by atoms with van der Waals surface area (Å²) < 4.78 is 5.45. The number of ether oxygens (including phenoxy) is 1. The number of rotatable bonds is 3. The molecule has 1 saturated heterocycles. The van der Waals surface area contributed by atoms with Crippen molar-refractivity contribution < 1.29 is 9.53 Å². The molecule has 0 bridgehead atoms. The molecule has 1 aliphatic heterocycles. The monoisotopic (exact) mass is 212 g/mol. The molecule has 0 radical (unpaired) electrons. The van der Waals surface area contributed by atoms with Gasteiger partial charge in [0.15, 0.2) is 0 Å². The first-order valence-corrected chi connectivity index (χ1v) is 5.96. The third-order valence-corrected chi connectivity index (χ3v) is 3.22. The van der Waals surface area contributed by atoms with Crippen molar-refractivity contribution in [3.8, 4) is 0 Å². The molecule has 1 heterocycles. The summed E-state index contributed by atoms with van der Waals surface area (Å²) in [7, 11) is 0. The zero-order chi connectivity index (χ0) is 10.7. The van der Waals surface area contributed by atoms with E-state index in [9.17, 15) is 4.79 Å². The number of likely N-dealkylation sites (tertiary alicyclic amines) is 1. The van der Waals surface area contributed by atoms with E-state index in [4.69, 9.17) is 4.74 Å². The third kappa shape index (κ3) is 2.62. The van der Waals surface area contributed by atoms with E-state index in [0.29, 0.717) is 12.1 Å². The summed E-state index contributed by atoms with van der Waals surface area (Å²) in [5.41, 5.74) is 0. The van der Waals surface area contributed by atoms with Crippen LogP contribution in [0.25, 0.3) is 0 Å². The van der Waals surface area contributed by atoms with Crippen molar-refractivity contribution in [3.63, 3.8) is 0 Å². The average Bonchev–Trinajstić information content (AvgIpc) is 2.67. The minimum absolute atomic E-state index is 0.118. The van der Waals surface area contributed by atoms with Crippen LogP contribution in [0.4, 0.5) is 4.79 Å². The number of hydrogen-bond donors (Lipinski definition) is 1. The lowest BCUT2D eigenvalue weighted by Gasteiger charge is -2.36. The molecule has 0 spiro atoms. The lowest BCUT2D eigenvalue weighted by molar-refractivity contribution is -0.00789. The second-order valence-corrected chi connectivity index (χ2v) is 4.39. The highest BCUT2D eigenvalue weighted by Crippen LogP contribution is 2.23. The van der Waals surface area contributed by atoms with Gasteiger partial charge in [-0.05, 0) is 32.6 Å². The van der Waals surface area contributed by atoms with Gasteiger partial charge in [-0.3, -0.25) is 0 Å². The van der Waals surface area contributed by atoms with Crippen LogP contribution in [0.2, 0.25) is 0 Å². The van der Waals surface area contributed by atoms with Gasteiger partial charge in [0.05, 0.1) is 6.10 Å². The van der Waals surface area contributed by atoms with Crippen molar-refractivity contribution >= 4 is 6.03 Å². The zero-order valence-electron chi connectivity index (χ0n) is 9.37. The van der Waals surface area contributed by atoms with Crippen LogP contribution in [0.3, 0.4) is 0 Å². The Morgan fingerprint density at radius 1 is 1.40 bits per heavy atom. The third-order valence-electron chi connectivity index (χ3n) is 3.22. The molecule has 2 rings (SSSR count). The maximum Gasteiger partial charge on any atom is 0.317 e. The van der Waals surface area contributed by atoms with Crippen LogP contribution >= 0.6 is 0 Å². The van der Waals surface area contributed by atoms with E-state index < -0.39 is 0 Å². The summed E-state index contributed by atoms with van der Waals surface area (Å²) in [6, 6.07) is 0.460. The first kappa shape index (κ1) is 10.7. The van der Waals surface area contributed by atoms with Crippen LogP contribution in [-0.4, -0.2) is 42.8 Å². The topological polar surface area (TPSA) is 41.6 Å². The highest BCUT2D eigenvalue weighted by Gasteiger charge is 2.32. The highest BCUT2D eigenvalue weighted by molar-refractivity contribution is 5.74.